The molecule has 148 valence electrons. The summed E-state index contributed by atoms with van der Waals surface area (Å²) < 4.78 is 10.4. The number of benzene rings is 1. The topological polar surface area (TPSA) is 84.9 Å². The molecule has 1 aromatic rings. The van der Waals surface area contributed by atoms with Gasteiger partial charge in [-0.3, -0.25) is 14.4 Å². The van der Waals surface area contributed by atoms with Crippen LogP contribution in [-0.4, -0.2) is 55.6 Å². The molecule has 0 spiro atoms. The summed E-state index contributed by atoms with van der Waals surface area (Å²) in [6.45, 7) is 4.91. The standard InChI is InChI=1S/C20H28N2O5/c1-3-10-22(13-18(23)21-17-7-5-4-6-15(17)2)19(24)14-27-20(25)16-8-11-26-12-9-16/h4-7,16H,3,8-14H2,1-2H3,(H,21,23). The lowest BCUT2D eigenvalue weighted by Crippen LogP contribution is -2.41. The number of aryl methyl sites for hydroxylation is 1. The van der Waals surface area contributed by atoms with Crippen LogP contribution in [0, 0.1) is 12.8 Å². The molecule has 27 heavy (non-hydrogen) atoms. The monoisotopic (exact) mass is 376 g/mol. The van der Waals surface area contributed by atoms with E-state index in [1.807, 2.05) is 38.1 Å². The van der Waals surface area contributed by atoms with Gasteiger partial charge in [0.2, 0.25) is 5.91 Å². The van der Waals surface area contributed by atoms with Crippen molar-refractivity contribution in [3.63, 3.8) is 0 Å². The molecule has 1 N–H and O–H groups in total. The molecule has 0 aliphatic carbocycles. The highest BCUT2D eigenvalue weighted by atomic mass is 16.5. The Morgan fingerprint density at radius 3 is 2.59 bits per heavy atom. The maximum atomic E-state index is 12.4. The Morgan fingerprint density at radius 2 is 1.93 bits per heavy atom. The van der Waals surface area contributed by atoms with Crippen molar-refractivity contribution in [2.24, 2.45) is 5.92 Å². The fourth-order valence-electron chi connectivity index (χ4n) is 2.91. The molecular weight excluding hydrogens is 348 g/mol. The van der Waals surface area contributed by atoms with E-state index in [4.69, 9.17) is 9.47 Å². The Bertz CT molecular complexity index is 656. The van der Waals surface area contributed by atoms with Crippen LogP contribution in [0.5, 0.6) is 0 Å². The van der Waals surface area contributed by atoms with E-state index in [-0.39, 0.29) is 36.9 Å². The lowest BCUT2D eigenvalue weighted by Gasteiger charge is -2.23. The predicted octanol–water partition coefficient (Wildman–Crippen LogP) is 2.14. The van der Waals surface area contributed by atoms with Crippen molar-refractivity contribution in [3.05, 3.63) is 29.8 Å². The Hall–Kier alpha value is -2.41. The zero-order chi connectivity index (χ0) is 19.6. The first-order valence-corrected chi connectivity index (χ1v) is 9.39. The van der Waals surface area contributed by atoms with Crippen LogP contribution in [0.4, 0.5) is 5.69 Å². The number of rotatable bonds is 8. The zero-order valence-corrected chi connectivity index (χ0v) is 16.0. The molecule has 1 aliphatic rings. The summed E-state index contributed by atoms with van der Waals surface area (Å²) in [7, 11) is 0. The lowest BCUT2D eigenvalue weighted by molar-refractivity contribution is -0.158. The molecule has 1 aliphatic heterocycles. The van der Waals surface area contributed by atoms with Crippen molar-refractivity contribution in [1.82, 2.24) is 4.90 Å². The van der Waals surface area contributed by atoms with Crippen molar-refractivity contribution in [2.45, 2.75) is 33.1 Å². The quantitative estimate of drug-likeness (QED) is 0.703. The number of amides is 2. The van der Waals surface area contributed by atoms with Crippen molar-refractivity contribution < 1.29 is 23.9 Å². The van der Waals surface area contributed by atoms with Gasteiger partial charge in [0.15, 0.2) is 6.61 Å². The van der Waals surface area contributed by atoms with Gasteiger partial charge in [-0.2, -0.15) is 0 Å². The number of para-hydroxylation sites is 1. The van der Waals surface area contributed by atoms with Crippen LogP contribution in [0.2, 0.25) is 0 Å². The molecule has 1 saturated heterocycles. The van der Waals surface area contributed by atoms with Crippen LogP contribution in [0.25, 0.3) is 0 Å². The molecule has 0 radical (unpaired) electrons. The molecular formula is C20H28N2O5. The Labute approximate surface area is 160 Å². The van der Waals surface area contributed by atoms with Crippen LogP contribution in [0.15, 0.2) is 24.3 Å². The average molecular weight is 376 g/mol. The fraction of sp³-hybridized carbons (Fsp3) is 0.550. The zero-order valence-electron chi connectivity index (χ0n) is 16.0. The first kappa shape index (κ1) is 20.9. The van der Waals surface area contributed by atoms with Gasteiger partial charge in [-0.1, -0.05) is 25.1 Å². The van der Waals surface area contributed by atoms with E-state index in [1.54, 1.807) is 0 Å². The number of nitrogens with one attached hydrogen (secondary N) is 1. The minimum atomic E-state index is -0.368. The molecule has 0 unspecified atom stereocenters. The summed E-state index contributed by atoms with van der Waals surface area (Å²) in [5, 5.41) is 2.82. The number of hydrogen-bond donors (Lipinski definition) is 1. The molecule has 0 aromatic heterocycles. The summed E-state index contributed by atoms with van der Waals surface area (Å²) in [4.78, 5) is 38.2. The molecule has 7 heteroatoms. The maximum Gasteiger partial charge on any atom is 0.309 e. The summed E-state index contributed by atoms with van der Waals surface area (Å²) in [6.07, 6.45) is 1.94. The number of carbonyl (C=O) groups excluding carboxylic acids is 3. The van der Waals surface area contributed by atoms with E-state index in [9.17, 15) is 14.4 Å². The summed E-state index contributed by atoms with van der Waals surface area (Å²) >= 11 is 0. The smallest absolute Gasteiger partial charge is 0.309 e. The molecule has 0 atom stereocenters. The molecule has 0 saturated carbocycles. The van der Waals surface area contributed by atoms with Crippen molar-refractivity contribution in [1.29, 1.82) is 0 Å². The van der Waals surface area contributed by atoms with Crippen LogP contribution in [-0.2, 0) is 23.9 Å². The molecule has 2 amide bonds. The van der Waals surface area contributed by atoms with E-state index in [0.717, 1.165) is 11.3 Å². The number of nitrogens with zero attached hydrogens (tertiary/aromatic N) is 1. The lowest BCUT2D eigenvalue weighted by atomic mass is 10.0. The second-order valence-electron chi connectivity index (χ2n) is 6.67. The highest BCUT2D eigenvalue weighted by Gasteiger charge is 2.25. The highest BCUT2D eigenvalue weighted by molar-refractivity contribution is 5.95. The van der Waals surface area contributed by atoms with Gasteiger partial charge < -0.3 is 19.7 Å². The highest BCUT2D eigenvalue weighted by Crippen LogP contribution is 2.16. The third-order valence-corrected chi connectivity index (χ3v) is 4.49. The Balaban J connectivity index is 1.85. The summed E-state index contributed by atoms with van der Waals surface area (Å²) in [6, 6.07) is 7.45. The maximum absolute atomic E-state index is 12.4. The molecule has 1 heterocycles. The van der Waals surface area contributed by atoms with Crippen molar-refractivity contribution in [3.8, 4) is 0 Å². The molecule has 7 nitrogen and oxygen atoms in total. The predicted molar refractivity (Wildman–Crippen MR) is 101 cm³/mol. The van der Waals surface area contributed by atoms with E-state index < -0.39 is 0 Å². The molecule has 1 aromatic carbocycles. The van der Waals surface area contributed by atoms with Crippen LogP contribution in [0.1, 0.15) is 31.7 Å². The van der Waals surface area contributed by atoms with E-state index in [1.165, 1.54) is 4.90 Å². The minimum absolute atomic E-state index is 0.0736. The normalized spacial score (nSPS) is 14.4. The summed E-state index contributed by atoms with van der Waals surface area (Å²) in [5.74, 6) is -1.22. The third-order valence-electron chi connectivity index (χ3n) is 4.49. The molecule has 1 fully saturated rings. The number of carbonyl (C=O) groups is 3. The number of hydrogen-bond acceptors (Lipinski definition) is 5. The van der Waals surface area contributed by atoms with Crippen LogP contribution >= 0.6 is 0 Å². The van der Waals surface area contributed by atoms with Gasteiger partial charge >= 0.3 is 5.97 Å². The van der Waals surface area contributed by atoms with Crippen LogP contribution < -0.4 is 5.32 Å². The second kappa shape index (κ2) is 10.7. The van der Waals surface area contributed by atoms with Gasteiger partial charge in [0.1, 0.15) is 0 Å². The number of anilines is 1. The van der Waals surface area contributed by atoms with Crippen molar-refractivity contribution >= 4 is 23.5 Å². The largest absolute Gasteiger partial charge is 0.455 e. The van der Waals surface area contributed by atoms with Gasteiger partial charge in [0.05, 0.1) is 12.5 Å². The third kappa shape index (κ3) is 6.67. The van der Waals surface area contributed by atoms with E-state index in [0.29, 0.717) is 39.0 Å². The van der Waals surface area contributed by atoms with Gasteiger partial charge in [-0.05, 0) is 37.8 Å². The molecule has 0 bridgehead atoms. The van der Waals surface area contributed by atoms with Gasteiger partial charge in [-0.25, -0.2) is 0 Å². The minimum Gasteiger partial charge on any atom is -0.455 e. The average Bonchev–Trinajstić information content (AvgIpc) is 2.68. The fourth-order valence-corrected chi connectivity index (χ4v) is 2.91. The van der Waals surface area contributed by atoms with E-state index >= 15 is 0 Å². The van der Waals surface area contributed by atoms with Gasteiger partial charge in [0, 0.05) is 25.4 Å². The number of ether oxygens (including phenoxy) is 2. The Morgan fingerprint density at radius 1 is 1.22 bits per heavy atom. The number of esters is 1. The van der Waals surface area contributed by atoms with Gasteiger partial charge in [0.25, 0.3) is 5.91 Å². The Kier molecular flexibility index (Phi) is 8.26. The second-order valence-corrected chi connectivity index (χ2v) is 6.67. The van der Waals surface area contributed by atoms with Crippen molar-refractivity contribution in [2.75, 3.05) is 38.2 Å². The first-order chi connectivity index (χ1) is 13.0. The SMILES string of the molecule is CCCN(CC(=O)Nc1ccccc1C)C(=O)COC(=O)C1CCOCC1. The van der Waals surface area contributed by atoms with E-state index in [2.05, 4.69) is 5.32 Å². The summed E-state index contributed by atoms with van der Waals surface area (Å²) in [5.41, 5.74) is 1.67. The first-order valence-electron chi connectivity index (χ1n) is 9.39. The van der Waals surface area contributed by atoms with Gasteiger partial charge in [-0.15, -0.1) is 0 Å². The van der Waals surface area contributed by atoms with Crippen LogP contribution in [0.3, 0.4) is 0 Å². The molecule has 2 rings (SSSR count).